The van der Waals surface area contributed by atoms with Gasteiger partial charge in [0.05, 0.1) is 12.8 Å². The van der Waals surface area contributed by atoms with E-state index in [1.807, 2.05) is 6.92 Å². The number of carbonyl (C=O) groups excluding carboxylic acids is 1. The van der Waals surface area contributed by atoms with Crippen molar-refractivity contribution in [1.82, 2.24) is 4.98 Å². The van der Waals surface area contributed by atoms with E-state index in [1.165, 1.54) is 18.4 Å². The third-order valence-corrected chi connectivity index (χ3v) is 4.08. The van der Waals surface area contributed by atoms with Crippen molar-refractivity contribution in [1.29, 1.82) is 0 Å². The lowest BCUT2D eigenvalue weighted by molar-refractivity contribution is 0.0605. The van der Waals surface area contributed by atoms with Crippen LogP contribution in [0, 0.1) is 12.8 Å². The number of ether oxygens (including phenoxy) is 1. The Morgan fingerprint density at radius 1 is 1.53 bits per heavy atom. The summed E-state index contributed by atoms with van der Waals surface area (Å²) in [5, 5.41) is 4.12. The maximum atomic E-state index is 11.4. The van der Waals surface area contributed by atoms with Crippen molar-refractivity contribution in [3.8, 4) is 0 Å². The zero-order chi connectivity index (χ0) is 13.0. The summed E-state index contributed by atoms with van der Waals surface area (Å²) < 4.78 is 4.71. The van der Waals surface area contributed by atoms with E-state index in [4.69, 9.17) is 4.74 Å². The van der Waals surface area contributed by atoms with Crippen molar-refractivity contribution < 1.29 is 9.53 Å². The van der Waals surface area contributed by atoms with Crippen LogP contribution in [0.15, 0.2) is 0 Å². The van der Waals surface area contributed by atoms with Crippen LogP contribution in [-0.4, -0.2) is 24.1 Å². The molecular formula is C12H20N2O2S. The smallest absolute Gasteiger partial charge is 0.350 e. The molecule has 0 aromatic carbocycles. The Kier molecular flexibility index (Phi) is 4.93. The average Bonchev–Trinajstić information content (AvgIpc) is 2.67. The van der Waals surface area contributed by atoms with Gasteiger partial charge >= 0.3 is 5.97 Å². The van der Waals surface area contributed by atoms with Crippen molar-refractivity contribution in [2.75, 3.05) is 12.4 Å². The van der Waals surface area contributed by atoms with Crippen LogP contribution in [0.1, 0.15) is 42.6 Å². The molecule has 0 amide bonds. The first-order chi connectivity index (χ1) is 7.99. The highest BCUT2D eigenvalue weighted by molar-refractivity contribution is 7.17. The molecule has 2 unspecified atom stereocenters. The number of aryl methyl sites for hydroxylation is 1. The zero-order valence-electron chi connectivity index (χ0n) is 11.0. The summed E-state index contributed by atoms with van der Waals surface area (Å²) in [6.07, 6.45) is 1.11. The van der Waals surface area contributed by atoms with Crippen LogP contribution in [0.4, 0.5) is 5.13 Å². The summed E-state index contributed by atoms with van der Waals surface area (Å²) in [7, 11) is 1.39. The summed E-state index contributed by atoms with van der Waals surface area (Å²) in [6.45, 7) is 8.31. The molecule has 0 bridgehead atoms. The lowest BCUT2D eigenvalue weighted by atomic mass is 10.0. The lowest BCUT2D eigenvalue weighted by Gasteiger charge is -2.18. The fourth-order valence-corrected chi connectivity index (χ4v) is 2.41. The van der Waals surface area contributed by atoms with Crippen molar-refractivity contribution in [3.63, 3.8) is 0 Å². The first-order valence-electron chi connectivity index (χ1n) is 5.81. The molecule has 17 heavy (non-hydrogen) atoms. The first kappa shape index (κ1) is 14.0. The quantitative estimate of drug-likeness (QED) is 0.823. The summed E-state index contributed by atoms with van der Waals surface area (Å²) >= 11 is 1.35. The topological polar surface area (TPSA) is 51.2 Å². The second-order valence-electron chi connectivity index (χ2n) is 4.24. The largest absolute Gasteiger partial charge is 0.465 e. The van der Waals surface area contributed by atoms with Crippen molar-refractivity contribution >= 4 is 22.4 Å². The van der Waals surface area contributed by atoms with E-state index < -0.39 is 0 Å². The van der Waals surface area contributed by atoms with Crippen molar-refractivity contribution in [2.24, 2.45) is 5.92 Å². The van der Waals surface area contributed by atoms with Gasteiger partial charge < -0.3 is 10.1 Å². The fourth-order valence-electron chi connectivity index (χ4n) is 1.43. The molecule has 1 aromatic heterocycles. The van der Waals surface area contributed by atoms with Gasteiger partial charge in [0.15, 0.2) is 5.13 Å². The number of methoxy groups -OCH3 is 1. The van der Waals surface area contributed by atoms with Crippen LogP contribution in [0.5, 0.6) is 0 Å². The number of aromatic nitrogens is 1. The van der Waals surface area contributed by atoms with Gasteiger partial charge in [0.25, 0.3) is 0 Å². The van der Waals surface area contributed by atoms with Crippen LogP contribution in [0.3, 0.4) is 0 Å². The Bertz CT molecular complexity index is 390. The van der Waals surface area contributed by atoms with E-state index in [0.29, 0.717) is 16.8 Å². The van der Waals surface area contributed by atoms with Gasteiger partial charge in [0.1, 0.15) is 4.88 Å². The Morgan fingerprint density at radius 2 is 2.18 bits per heavy atom. The van der Waals surface area contributed by atoms with Gasteiger partial charge in [-0.2, -0.15) is 0 Å². The zero-order valence-corrected chi connectivity index (χ0v) is 11.9. The SMILES string of the molecule is CCC(C)C(C)Nc1nc(C)c(C(=O)OC)s1. The molecule has 1 N–H and O–H groups in total. The lowest BCUT2D eigenvalue weighted by Crippen LogP contribution is -2.22. The first-order valence-corrected chi connectivity index (χ1v) is 6.63. The third-order valence-electron chi connectivity index (χ3n) is 3.02. The highest BCUT2D eigenvalue weighted by Gasteiger charge is 2.17. The predicted molar refractivity (Wildman–Crippen MR) is 70.7 cm³/mol. The normalized spacial score (nSPS) is 14.2. The van der Waals surface area contributed by atoms with Gasteiger partial charge in [-0.05, 0) is 19.8 Å². The number of thiazole rings is 1. The molecule has 0 spiro atoms. The molecule has 0 saturated carbocycles. The molecule has 4 nitrogen and oxygen atoms in total. The maximum Gasteiger partial charge on any atom is 0.350 e. The number of hydrogen-bond donors (Lipinski definition) is 1. The molecule has 2 atom stereocenters. The van der Waals surface area contributed by atoms with Gasteiger partial charge in [0, 0.05) is 6.04 Å². The van der Waals surface area contributed by atoms with E-state index >= 15 is 0 Å². The van der Waals surface area contributed by atoms with E-state index in [0.717, 1.165) is 17.2 Å². The standard InChI is InChI=1S/C12H20N2O2S/c1-6-7(2)8(3)13-12-14-9(4)10(17-12)11(15)16-5/h7-8H,6H2,1-5H3,(H,13,14). The van der Waals surface area contributed by atoms with E-state index in [1.54, 1.807) is 0 Å². The molecule has 5 heteroatoms. The van der Waals surface area contributed by atoms with E-state index in [-0.39, 0.29) is 5.97 Å². The second kappa shape index (κ2) is 6.00. The molecule has 0 radical (unpaired) electrons. The van der Waals surface area contributed by atoms with Crippen LogP contribution in [-0.2, 0) is 4.74 Å². The highest BCUT2D eigenvalue weighted by Crippen LogP contribution is 2.25. The van der Waals surface area contributed by atoms with Gasteiger partial charge in [-0.15, -0.1) is 0 Å². The number of rotatable bonds is 5. The minimum absolute atomic E-state index is 0.316. The van der Waals surface area contributed by atoms with E-state index in [9.17, 15) is 4.79 Å². The molecule has 0 fully saturated rings. The summed E-state index contributed by atoms with van der Waals surface area (Å²) in [4.78, 5) is 16.4. The number of carbonyl (C=O) groups is 1. The van der Waals surface area contributed by atoms with Crippen molar-refractivity contribution in [2.45, 2.75) is 40.2 Å². The Hall–Kier alpha value is -1.10. The van der Waals surface area contributed by atoms with Crippen molar-refractivity contribution in [3.05, 3.63) is 10.6 Å². The maximum absolute atomic E-state index is 11.4. The fraction of sp³-hybridized carbons (Fsp3) is 0.667. The molecule has 0 aliphatic rings. The molecule has 1 rings (SSSR count). The van der Waals surface area contributed by atoms with Gasteiger partial charge in [-0.25, -0.2) is 9.78 Å². The number of anilines is 1. The Balaban J connectivity index is 2.77. The number of hydrogen-bond acceptors (Lipinski definition) is 5. The number of nitrogens with zero attached hydrogens (tertiary/aromatic N) is 1. The molecule has 0 saturated heterocycles. The average molecular weight is 256 g/mol. The predicted octanol–water partition coefficient (Wildman–Crippen LogP) is 3.08. The molecular weight excluding hydrogens is 236 g/mol. The second-order valence-corrected chi connectivity index (χ2v) is 5.24. The summed E-state index contributed by atoms with van der Waals surface area (Å²) in [5.41, 5.74) is 0.723. The highest BCUT2D eigenvalue weighted by atomic mass is 32.1. The Morgan fingerprint density at radius 3 is 2.71 bits per heavy atom. The number of esters is 1. The minimum Gasteiger partial charge on any atom is -0.465 e. The van der Waals surface area contributed by atoms with Gasteiger partial charge in [-0.1, -0.05) is 31.6 Å². The molecule has 0 aliphatic carbocycles. The van der Waals surface area contributed by atoms with Gasteiger partial charge in [0.2, 0.25) is 0 Å². The van der Waals surface area contributed by atoms with Gasteiger partial charge in [-0.3, -0.25) is 0 Å². The monoisotopic (exact) mass is 256 g/mol. The van der Waals surface area contributed by atoms with Crippen LogP contribution in [0.25, 0.3) is 0 Å². The van der Waals surface area contributed by atoms with Crippen LogP contribution in [0.2, 0.25) is 0 Å². The van der Waals surface area contributed by atoms with Crippen LogP contribution >= 0.6 is 11.3 Å². The summed E-state index contributed by atoms with van der Waals surface area (Å²) in [6, 6.07) is 0.344. The minimum atomic E-state index is -0.316. The molecule has 96 valence electrons. The molecule has 1 aromatic rings. The Labute approximate surface area is 106 Å². The number of nitrogens with one attached hydrogen (secondary N) is 1. The van der Waals surface area contributed by atoms with Crippen LogP contribution < -0.4 is 5.32 Å². The third kappa shape index (κ3) is 3.43. The van der Waals surface area contributed by atoms with E-state index in [2.05, 4.69) is 31.1 Å². The molecule has 0 aliphatic heterocycles. The summed E-state index contributed by atoms with van der Waals surface area (Å²) in [5.74, 6) is 0.255. The molecule has 1 heterocycles.